The van der Waals surface area contributed by atoms with E-state index >= 15 is 0 Å². The van der Waals surface area contributed by atoms with Gasteiger partial charge < -0.3 is 19.5 Å². The fourth-order valence-corrected chi connectivity index (χ4v) is 2.61. The molecule has 0 radical (unpaired) electrons. The molecule has 0 unspecified atom stereocenters. The topological polar surface area (TPSA) is 73.9 Å². The largest absolute Gasteiger partial charge is 0.497 e. The number of carbonyl (C=O) groups excluding carboxylic acids is 2. The molecule has 0 saturated carbocycles. The van der Waals surface area contributed by atoms with E-state index in [0.29, 0.717) is 30.4 Å². The average molecular weight is 385 g/mol. The monoisotopic (exact) mass is 385 g/mol. The summed E-state index contributed by atoms with van der Waals surface area (Å²) in [5.74, 6) is 0.477. The quantitative estimate of drug-likeness (QED) is 0.670. The number of methoxy groups -OCH3 is 2. The summed E-state index contributed by atoms with van der Waals surface area (Å²) in [6, 6.07) is 13.1. The van der Waals surface area contributed by atoms with Crippen molar-refractivity contribution in [1.29, 1.82) is 0 Å². The Balaban J connectivity index is 1.78. The van der Waals surface area contributed by atoms with E-state index in [-0.39, 0.29) is 18.1 Å². The van der Waals surface area contributed by atoms with Gasteiger partial charge in [0.25, 0.3) is 5.91 Å². The van der Waals surface area contributed by atoms with Crippen molar-refractivity contribution in [3.63, 3.8) is 0 Å². The van der Waals surface area contributed by atoms with Crippen LogP contribution in [0.4, 0.5) is 0 Å². The lowest BCUT2D eigenvalue weighted by Gasteiger charge is -2.10. The van der Waals surface area contributed by atoms with Gasteiger partial charge in [-0.3, -0.25) is 4.79 Å². The number of amides is 1. The second-order valence-electron chi connectivity index (χ2n) is 6.67. The highest BCUT2D eigenvalue weighted by atomic mass is 16.5. The smallest absolute Gasteiger partial charge is 0.338 e. The van der Waals surface area contributed by atoms with Crippen LogP contribution in [-0.4, -0.2) is 39.2 Å². The average Bonchev–Trinajstić information content (AvgIpc) is 2.71. The van der Waals surface area contributed by atoms with Crippen molar-refractivity contribution < 1.29 is 23.8 Å². The molecule has 0 bridgehead atoms. The van der Waals surface area contributed by atoms with Crippen LogP contribution in [0.3, 0.4) is 0 Å². The molecule has 0 saturated heterocycles. The number of hydrogen-bond donors (Lipinski definition) is 1. The molecule has 2 aromatic carbocycles. The summed E-state index contributed by atoms with van der Waals surface area (Å²) < 4.78 is 15.3. The third-order valence-corrected chi connectivity index (χ3v) is 4.30. The Morgan fingerprint density at radius 2 is 1.57 bits per heavy atom. The van der Waals surface area contributed by atoms with E-state index in [2.05, 4.69) is 43.4 Å². The Bertz CT molecular complexity index is 777. The van der Waals surface area contributed by atoms with Gasteiger partial charge in [0.2, 0.25) is 0 Å². The molecule has 0 aliphatic rings. The molecule has 0 spiro atoms. The number of nitrogens with one attached hydrogen (secondary N) is 1. The first-order valence-corrected chi connectivity index (χ1v) is 9.18. The van der Waals surface area contributed by atoms with Gasteiger partial charge in [-0.2, -0.15) is 0 Å². The van der Waals surface area contributed by atoms with E-state index in [1.807, 2.05) is 0 Å². The van der Waals surface area contributed by atoms with Gasteiger partial charge in [0.15, 0.2) is 6.61 Å². The molecule has 0 aromatic heterocycles. The minimum atomic E-state index is -0.614. The molecule has 6 heteroatoms. The SMILES string of the molecule is COc1cc(OC)cc(C(=O)OCC(=O)NCCc2ccc(C(C)C)cc2)c1. The van der Waals surface area contributed by atoms with Crippen molar-refractivity contribution in [2.24, 2.45) is 0 Å². The number of ether oxygens (including phenoxy) is 3. The van der Waals surface area contributed by atoms with E-state index < -0.39 is 5.97 Å². The highest BCUT2D eigenvalue weighted by Gasteiger charge is 2.13. The first-order chi connectivity index (χ1) is 13.4. The molecule has 6 nitrogen and oxygen atoms in total. The normalized spacial score (nSPS) is 10.5. The van der Waals surface area contributed by atoms with Crippen LogP contribution < -0.4 is 14.8 Å². The molecule has 2 aromatic rings. The van der Waals surface area contributed by atoms with Crippen LogP contribution in [0, 0.1) is 0 Å². The maximum atomic E-state index is 12.2. The second kappa shape index (κ2) is 10.3. The summed E-state index contributed by atoms with van der Waals surface area (Å²) in [4.78, 5) is 24.1. The van der Waals surface area contributed by atoms with Crippen LogP contribution in [0.1, 0.15) is 41.3 Å². The molecule has 150 valence electrons. The lowest BCUT2D eigenvalue weighted by atomic mass is 10.0. The molecule has 0 heterocycles. The van der Waals surface area contributed by atoms with Crippen LogP contribution >= 0.6 is 0 Å². The van der Waals surface area contributed by atoms with Crippen LogP contribution in [0.15, 0.2) is 42.5 Å². The van der Waals surface area contributed by atoms with Gasteiger partial charge >= 0.3 is 5.97 Å². The zero-order valence-corrected chi connectivity index (χ0v) is 16.8. The lowest BCUT2D eigenvalue weighted by molar-refractivity contribution is -0.124. The number of esters is 1. The van der Waals surface area contributed by atoms with Crippen molar-refractivity contribution in [3.8, 4) is 11.5 Å². The number of rotatable bonds is 9. The van der Waals surface area contributed by atoms with Gasteiger partial charge in [-0.25, -0.2) is 4.79 Å². The van der Waals surface area contributed by atoms with Gasteiger partial charge in [-0.1, -0.05) is 38.1 Å². The highest BCUT2D eigenvalue weighted by molar-refractivity contribution is 5.92. The fourth-order valence-electron chi connectivity index (χ4n) is 2.61. The summed E-state index contributed by atoms with van der Waals surface area (Å²) in [6.45, 7) is 4.44. The number of carbonyl (C=O) groups is 2. The lowest BCUT2D eigenvalue weighted by Crippen LogP contribution is -2.30. The van der Waals surface area contributed by atoms with Crippen molar-refractivity contribution in [1.82, 2.24) is 5.32 Å². The predicted molar refractivity (Wildman–Crippen MR) is 107 cm³/mol. The standard InChI is InChI=1S/C22H27NO5/c1-15(2)17-7-5-16(6-8-17)9-10-23-21(24)14-28-22(25)18-11-19(26-3)13-20(12-18)27-4/h5-8,11-13,15H,9-10,14H2,1-4H3,(H,23,24). The zero-order valence-electron chi connectivity index (χ0n) is 16.8. The number of hydrogen-bond acceptors (Lipinski definition) is 5. The van der Waals surface area contributed by atoms with E-state index in [1.165, 1.54) is 31.9 Å². The molecule has 0 fully saturated rings. The molecule has 2 rings (SSSR count). The minimum Gasteiger partial charge on any atom is -0.497 e. The molecule has 0 atom stereocenters. The summed E-state index contributed by atoms with van der Waals surface area (Å²) in [5, 5.41) is 2.75. The first kappa shape index (κ1) is 21.3. The maximum absolute atomic E-state index is 12.2. The second-order valence-corrected chi connectivity index (χ2v) is 6.67. The zero-order chi connectivity index (χ0) is 20.5. The van der Waals surface area contributed by atoms with Gasteiger partial charge in [0, 0.05) is 12.6 Å². The van der Waals surface area contributed by atoms with Crippen molar-refractivity contribution in [2.75, 3.05) is 27.4 Å². The van der Waals surface area contributed by atoms with E-state index in [1.54, 1.807) is 6.07 Å². The van der Waals surface area contributed by atoms with Crippen LogP contribution in [-0.2, 0) is 16.0 Å². The Hall–Kier alpha value is -3.02. The molecular weight excluding hydrogens is 358 g/mol. The van der Waals surface area contributed by atoms with Gasteiger partial charge in [-0.05, 0) is 35.6 Å². The maximum Gasteiger partial charge on any atom is 0.338 e. The van der Waals surface area contributed by atoms with Crippen molar-refractivity contribution >= 4 is 11.9 Å². The van der Waals surface area contributed by atoms with E-state index in [0.717, 1.165) is 5.56 Å². The minimum absolute atomic E-state index is 0.259. The Morgan fingerprint density at radius 1 is 0.964 bits per heavy atom. The summed E-state index contributed by atoms with van der Waals surface area (Å²) in [6.07, 6.45) is 0.713. The molecule has 0 aliphatic heterocycles. The summed E-state index contributed by atoms with van der Waals surface area (Å²) in [5.41, 5.74) is 2.69. The van der Waals surface area contributed by atoms with E-state index in [9.17, 15) is 9.59 Å². The van der Waals surface area contributed by atoms with E-state index in [4.69, 9.17) is 14.2 Å². The summed E-state index contributed by atoms with van der Waals surface area (Å²) in [7, 11) is 2.99. The van der Waals surface area contributed by atoms with Crippen LogP contribution in [0.5, 0.6) is 11.5 Å². The van der Waals surface area contributed by atoms with Gasteiger partial charge in [0.05, 0.1) is 19.8 Å². The van der Waals surface area contributed by atoms with Gasteiger partial charge in [0.1, 0.15) is 11.5 Å². The van der Waals surface area contributed by atoms with Crippen LogP contribution in [0.2, 0.25) is 0 Å². The molecule has 1 amide bonds. The predicted octanol–water partition coefficient (Wildman–Crippen LogP) is 3.34. The van der Waals surface area contributed by atoms with Crippen molar-refractivity contribution in [3.05, 3.63) is 59.2 Å². The first-order valence-electron chi connectivity index (χ1n) is 9.18. The Labute approximate surface area is 165 Å². The van der Waals surface area contributed by atoms with Gasteiger partial charge in [-0.15, -0.1) is 0 Å². The molecular formula is C22H27NO5. The summed E-state index contributed by atoms with van der Waals surface area (Å²) >= 11 is 0. The third kappa shape index (κ3) is 6.30. The molecule has 0 aliphatic carbocycles. The Morgan fingerprint density at radius 3 is 2.11 bits per heavy atom. The Kier molecular flexibility index (Phi) is 7.87. The van der Waals surface area contributed by atoms with Crippen molar-refractivity contribution in [2.45, 2.75) is 26.2 Å². The molecule has 1 N–H and O–H groups in total. The number of benzene rings is 2. The van der Waals surface area contributed by atoms with Crippen LogP contribution in [0.25, 0.3) is 0 Å². The highest BCUT2D eigenvalue weighted by Crippen LogP contribution is 2.23. The molecule has 28 heavy (non-hydrogen) atoms. The third-order valence-electron chi connectivity index (χ3n) is 4.30. The fraction of sp³-hybridized carbons (Fsp3) is 0.364.